The highest BCUT2D eigenvalue weighted by molar-refractivity contribution is 5.75. The molecule has 2 N–H and O–H groups in total. The molecule has 6 aliphatic carbocycles. The molecule has 0 spiro atoms. The second-order valence-corrected chi connectivity index (χ2v) is 20.5. The van der Waals surface area contributed by atoms with Crippen LogP contribution in [0.5, 0.6) is 5.88 Å². The van der Waals surface area contributed by atoms with E-state index in [2.05, 4.69) is 82.4 Å². The van der Waals surface area contributed by atoms with Crippen LogP contribution in [0.3, 0.4) is 0 Å². The fourth-order valence-electron chi connectivity index (χ4n) is 14.9. The van der Waals surface area contributed by atoms with Crippen molar-refractivity contribution in [2.24, 2.45) is 57.2 Å². The van der Waals surface area contributed by atoms with Gasteiger partial charge in [0.05, 0.1) is 0 Å². The maximum atomic E-state index is 12.7. The first-order valence-corrected chi connectivity index (χ1v) is 22.5. The largest absolute Gasteiger partial charge is 0.481 e. The van der Waals surface area contributed by atoms with Crippen molar-refractivity contribution in [3.63, 3.8) is 0 Å². The van der Waals surface area contributed by atoms with Crippen LogP contribution in [-0.4, -0.2) is 59.3 Å². The number of hydrogen-bond acceptors (Lipinski definition) is 5. The lowest BCUT2D eigenvalue weighted by Crippen LogP contribution is -2.64. The van der Waals surface area contributed by atoms with Gasteiger partial charge < -0.3 is 20.1 Å². The standard InChI is InChI=1S/C49H75N3O3/c1-9-30-52(31-10-2)32-29-51-49-26-18-36(34(3)4)43(49)37-14-15-41-46(7,39(37)20-27-49)23-21-40-45(5,6)38(19-22-47(40,41)8)35-16-24-48(25-17-35,44(53)54)33-55-42-13-11-12-28-50-42/h11-13,16,19,28,36-37,39-41,43,51H,3,9-10,14-15,17-18,20-27,29-33H2,1-2,4-8H3,(H,53,54)/t36-,37-,39?,40?,41?,43?,46-,47-,48?,49-/m0/s1. The second kappa shape index (κ2) is 15.7. The zero-order valence-electron chi connectivity index (χ0n) is 35.7. The molecule has 0 bridgehead atoms. The molecule has 0 radical (unpaired) electrons. The molecule has 0 aromatic carbocycles. The lowest BCUT2D eigenvalue weighted by atomic mass is 9.36. The topological polar surface area (TPSA) is 74.7 Å². The van der Waals surface area contributed by atoms with Gasteiger partial charge in [0.15, 0.2) is 0 Å². The molecule has 6 heteroatoms. The van der Waals surface area contributed by atoms with Crippen molar-refractivity contribution in [3.05, 3.63) is 59.8 Å². The van der Waals surface area contributed by atoms with Crippen LogP contribution in [0.15, 0.2) is 59.8 Å². The van der Waals surface area contributed by atoms with Gasteiger partial charge in [0.25, 0.3) is 0 Å². The van der Waals surface area contributed by atoms with Gasteiger partial charge >= 0.3 is 5.97 Å². The van der Waals surface area contributed by atoms with Crippen LogP contribution >= 0.6 is 0 Å². The summed E-state index contributed by atoms with van der Waals surface area (Å²) in [4.78, 5) is 19.6. The summed E-state index contributed by atoms with van der Waals surface area (Å²) in [6, 6.07) is 5.53. The summed E-state index contributed by atoms with van der Waals surface area (Å²) < 4.78 is 5.96. The predicted molar refractivity (Wildman–Crippen MR) is 225 cm³/mol. The second-order valence-electron chi connectivity index (χ2n) is 20.5. The average Bonchev–Trinajstić information content (AvgIpc) is 3.55. The maximum Gasteiger partial charge on any atom is 0.313 e. The number of allylic oxidation sites excluding steroid dienone is 5. The summed E-state index contributed by atoms with van der Waals surface area (Å²) in [5.41, 5.74) is 4.38. The minimum absolute atomic E-state index is 0.0519. The van der Waals surface area contributed by atoms with Crippen LogP contribution in [0.4, 0.5) is 0 Å². The Morgan fingerprint density at radius 2 is 1.69 bits per heavy atom. The molecule has 7 rings (SSSR count). The van der Waals surface area contributed by atoms with E-state index in [4.69, 9.17) is 4.74 Å². The first-order chi connectivity index (χ1) is 26.2. The molecule has 4 saturated carbocycles. The molecule has 4 fully saturated rings. The summed E-state index contributed by atoms with van der Waals surface area (Å²) in [5.74, 6) is 4.06. The van der Waals surface area contributed by atoms with Crippen molar-refractivity contribution in [2.45, 2.75) is 144 Å². The molecule has 1 heterocycles. The molecule has 10 atom stereocenters. The van der Waals surface area contributed by atoms with Gasteiger partial charge in [0.2, 0.25) is 5.88 Å². The fraction of sp³-hybridized carbons (Fsp3) is 0.755. The van der Waals surface area contributed by atoms with E-state index in [9.17, 15) is 9.90 Å². The average molecular weight is 754 g/mol. The number of fused-ring (bicyclic) bond motifs is 7. The highest BCUT2D eigenvalue weighted by atomic mass is 16.5. The number of hydrogen-bond donors (Lipinski definition) is 2. The Bertz CT molecular complexity index is 1610. The molecule has 304 valence electrons. The molecule has 1 aromatic rings. The molecule has 6 aliphatic rings. The quantitative estimate of drug-likeness (QED) is 0.184. The Morgan fingerprint density at radius 1 is 0.927 bits per heavy atom. The summed E-state index contributed by atoms with van der Waals surface area (Å²) in [6.45, 7) is 27.0. The minimum atomic E-state index is -0.916. The molecule has 0 saturated heterocycles. The Morgan fingerprint density at radius 3 is 2.35 bits per heavy atom. The molecule has 55 heavy (non-hydrogen) atoms. The number of carboxylic acids is 1. The Labute approximate surface area is 334 Å². The van der Waals surface area contributed by atoms with Gasteiger partial charge in [-0.05, 0) is 179 Å². The van der Waals surface area contributed by atoms with Crippen molar-refractivity contribution in [2.75, 3.05) is 32.8 Å². The van der Waals surface area contributed by atoms with Gasteiger partial charge in [-0.15, -0.1) is 0 Å². The summed E-state index contributed by atoms with van der Waals surface area (Å²) in [5, 5.41) is 14.8. The number of aliphatic carboxylic acids is 1. The highest BCUT2D eigenvalue weighted by Gasteiger charge is 2.66. The number of carboxylic acid groups (broad SMARTS) is 1. The number of nitrogens with zero attached hydrogens (tertiary/aromatic N) is 2. The number of aromatic nitrogens is 1. The van der Waals surface area contributed by atoms with E-state index < -0.39 is 11.4 Å². The van der Waals surface area contributed by atoms with Crippen molar-refractivity contribution in [1.82, 2.24) is 15.2 Å². The monoisotopic (exact) mass is 754 g/mol. The maximum absolute atomic E-state index is 12.7. The fourth-order valence-corrected chi connectivity index (χ4v) is 14.9. The first-order valence-electron chi connectivity index (χ1n) is 22.5. The third kappa shape index (κ3) is 7.10. The lowest BCUT2D eigenvalue weighted by molar-refractivity contribution is -0.177. The predicted octanol–water partition coefficient (Wildman–Crippen LogP) is 10.9. The smallest absolute Gasteiger partial charge is 0.313 e. The summed E-state index contributed by atoms with van der Waals surface area (Å²) >= 11 is 0. The third-order valence-electron chi connectivity index (χ3n) is 17.3. The zero-order valence-corrected chi connectivity index (χ0v) is 35.7. The van der Waals surface area contributed by atoms with Crippen molar-refractivity contribution >= 4 is 5.97 Å². The van der Waals surface area contributed by atoms with E-state index >= 15 is 0 Å². The number of pyridine rings is 1. The van der Waals surface area contributed by atoms with E-state index in [-0.39, 0.29) is 23.0 Å². The van der Waals surface area contributed by atoms with Gasteiger partial charge in [-0.1, -0.05) is 71.9 Å². The van der Waals surface area contributed by atoms with Crippen LogP contribution in [0.25, 0.3) is 0 Å². The molecular formula is C49H75N3O3. The van der Waals surface area contributed by atoms with Crippen molar-refractivity contribution in [1.29, 1.82) is 0 Å². The highest BCUT2D eigenvalue weighted by Crippen LogP contribution is 2.73. The SMILES string of the molecule is C=C(C)[C@@H]1CC[C@]2(NCCN(CCC)CCC)CCC3[C@H](CCC4[C@@]3(C)CCC3C(C)(C)C(C5=CCC(COc6ccccn6)(C(=O)O)CC5)=CC[C@@]34C)C12. The van der Waals surface area contributed by atoms with Crippen molar-refractivity contribution < 1.29 is 14.6 Å². The van der Waals surface area contributed by atoms with Gasteiger partial charge in [-0.25, -0.2) is 4.98 Å². The van der Waals surface area contributed by atoms with Crippen LogP contribution in [-0.2, 0) is 4.79 Å². The molecular weight excluding hydrogens is 679 g/mol. The molecule has 1 aromatic heterocycles. The Balaban J connectivity index is 1.09. The van der Waals surface area contributed by atoms with Crippen molar-refractivity contribution in [3.8, 4) is 5.88 Å². The number of ether oxygens (including phenoxy) is 1. The van der Waals surface area contributed by atoms with E-state index in [0.717, 1.165) is 43.1 Å². The number of nitrogens with one attached hydrogen (secondary N) is 1. The zero-order chi connectivity index (χ0) is 39.2. The minimum Gasteiger partial charge on any atom is -0.481 e. The number of carbonyl (C=O) groups is 1. The van der Waals surface area contributed by atoms with E-state index in [1.165, 1.54) is 101 Å². The number of rotatable bonds is 14. The molecule has 0 aliphatic heterocycles. The van der Waals surface area contributed by atoms with Crippen LogP contribution in [0, 0.1) is 57.2 Å². The molecule has 5 unspecified atom stereocenters. The lowest BCUT2D eigenvalue weighted by Gasteiger charge is -2.69. The summed E-state index contributed by atoms with van der Waals surface area (Å²) in [6.07, 6.45) is 22.8. The van der Waals surface area contributed by atoms with Gasteiger partial charge in [0.1, 0.15) is 12.0 Å². The van der Waals surface area contributed by atoms with E-state index in [0.29, 0.717) is 36.0 Å². The van der Waals surface area contributed by atoms with Crippen LogP contribution < -0.4 is 10.1 Å². The van der Waals surface area contributed by atoms with Crippen LogP contribution in [0.2, 0.25) is 0 Å². The normalized spacial score (nSPS) is 39.2. The molecule has 6 nitrogen and oxygen atoms in total. The van der Waals surface area contributed by atoms with Gasteiger partial charge in [-0.2, -0.15) is 0 Å². The Kier molecular flexibility index (Phi) is 11.6. The van der Waals surface area contributed by atoms with Gasteiger partial charge in [0, 0.05) is 30.9 Å². The first kappa shape index (κ1) is 40.7. The van der Waals surface area contributed by atoms with Crippen LogP contribution in [0.1, 0.15) is 138 Å². The van der Waals surface area contributed by atoms with Gasteiger partial charge in [-0.3, -0.25) is 4.79 Å². The van der Waals surface area contributed by atoms with E-state index in [1.54, 1.807) is 12.3 Å². The summed E-state index contributed by atoms with van der Waals surface area (Å²) in [7, 11) is 0. The molecule has 0 amide bonds. The van der Waals surface area contributed by atoms with E-state index in [1.807, 2.05) is 12.1 Å². The Hall–Kier alpha value is -2.44. The third-order valence-corrected chi connectivity index (χ3v) is 17.3.